The van der Waals surface area contributed by atoms with Crippen molar-refractivity contribution in [3.63, 3.8) is 0 Å². The largest absolute Gasteiger partial charge is 0.385 e. The number of rotatable bonds is 7. The highest BCUT2D eigenvalue weighted by Gasteiger charge is 2.42. The molecule has 5 nitrogen and oxygen atoms in total. The van der Waals surface area contributed by atoms with Crippen LogP contribution in [-0.2, 0) is 4.74 Å². The van der Waals surface area contributed by atoms with Crippen molar-refractivity contribution in [1.82, 2.24) is 15.1 Å². The van der Waals surface area contributed by atoms with Crippen LogP contribution in [0.3, 0.4) is 0 Å². The highest BCUT2D eigenvalue weighted by molar-refractivity contribution is 9.10. The monoisotopic (exact) mass is 436 g/mol. The quantitative estimate of drug-likeness (QED) is 0.524. The molecule has 1 aliphatic heterocycles. The van der Waals surface area contributed by atoms with Gasteiger partial charge in [-0.2, -0.15) is 0 Å². The molecule has 1 aromatic rings. The molecule has 2 fully saturated rings. The Morgan fingerprint density at radius 3 is 2.44 bits per heavy atom. The maximum absolute atomic E-state index is 5.27. The first-order chi connectivity index (χ1) is 13.1. The molecule has 0 bridgehead atoms. The number of benzene rings is 1. The van der Waals surface area contributed by atoms with E-state index in [2.05, 4.69) is 67.2 Å². The molecule has 1 atom stereocenters. The van der Waals surface area contributed by atoms with E-state index in [4.69, 9.17) is 4.74 Å². The van der Waals surface area contributed by atoms with Crippen LogP contribution in [0.1, 0.15) is 37.8 Å². The lowest BCUT2D eigenvalue weighted by molar-refractivity contribution is 0.137. The normalized spacial score (nSPS) is 21.2. The van der Waals surface area contributed by atoms with E-state index < -0.39 is 0 Å². The maximum atomic E-state index is 5.27. The Kier molecular flexibility index (Phi) is 7.17. The Balaban J connectivity index is 1.48. The first-order valence-electron chi connectivity index (χ1n) is 10.0. The zero-order valence-corrected chi connectivity index (χ0v) is 18.5. The van der Waals surface area contributed by atoms with Crippen molar-refractivity contribution >= 4 is 21.9 Å². The Bertz CT molecular complexity index is 622. The molecule has 0 radical (unpaired) electrons. The Labute approximate surface area is 172 Å². The minimum absolute atomic E-state index is 0.434. The molecule has 1 aromatic carbocycles. The average molecular weight is 437 g/mol. The van der Waals surface area contributed by atoms with Crippen molar-refractivity contribution in [1.29, 1.82) is 0 Å². The van der Waals surface area contributed by atoms with Gasteiger partial charge in [0, 0.05) is 64.0 Å². The number of hydrogen-bond donors (Lipinski definition) is 1. The number of hydrogen-bond acceptors (Lipinski definition) is 3. The molecule has 1 heterocycles. The zero-order chi connectivity index (χ0) is 19.3. The van der Waals surface area contributed by atoms with Gasteiger partial charge in [0.05, 0.1) is 0 Å². The summed E-state index contributed by atoms with van der Waals surface area (Å²) in [6, 6.07) is 9.14. The number of nitrogens with zero attached hydrogens (tertiary/aromatic N) is 3. The molecule has 1 saturated heterocycles. The smallest absolute Gasteiger partial charge is 0.193 e. The number of ether oxygens (including phenoxy) is 1. The van der Waals surface area contributed by atoms with Gasteiger partial charge in [-0.05, 0) is 49.3 Å². The van der Waals surface area contributed by atoms with Crippen LogP contribution in [0.25, 0.3) is 0 Å². The second-order valence-corrected chi connectivity index (χ2v) is 8.81. The van der Waals surface area contributed by atoms with Crippen LogP contribution in [0.5, 0.6) is 0 Å². The van der Waals surface area contributed by atoms with Crippen LogP contribution < -0.4 is 5.32 Å². The van der Waals surface area contributed by atoms with Gasteiger partial charge in [0.25, 0.3) is 0 Å². The first-order valence-corrected chi connectivity index (χ1v) is 10.8. The van der Waals surface area contributed by atoms with Crippen LogP contribution in [0.4, 0.5) is 0 Å². The van der Waals surface area contributed by atoms with E-state index in [1.165, 1.54) is 18.4 Å². The number of methoxy groups -OCH3 is 1. The van der Waals surface area contributed by atoms with Gasteiger partial charge in [-0.25, -0.2) is 0 Å². The molecule has 2 aliphatic rings. The van der Waals surface area contributed by atoms with Crippen molar-refractivity contribution in [2.75, 3.05) is 53.5 Å². The van der Waals surface area contributed by atoms with Crippen LogP contribution in [0.2, 0.25) is 0 Å². The van der Waals surface area contributed by atoms with Crippen molar-refractivity contribution in [2.45, 2.75) is 32.2 Å². The molecule has 1 unspecified atom stereocenters. The fraction of sp³-hybridized carbons (Fsp3) is 0.667. The van der Waals surface area contributed by atoms with Gasteiger partial charge >= 0.3 is 0 Å². The lowest BCUT2D eigenvalue weighted by atomic mass is 10.0. The summed E-state index contributed by atoms with van der Waals surface area (Å²) in [4.78, 5) is 9.50. The van der Waals surface area contributed by atoms with E-state index in [1.807, 2.05) is 7.05 Å². The van der Waals surface area contributed by atoms with Gasteiger partial charge in [0.1, 0.15) is 0 Å². The second-order valence-electron chi connectivity index (χ2n) is 7.89. The molecule has 0 aromatic heterocycles. The molecule has 1 saturated carbocycles. The number of piperazine rings is 1. The number of halogens is 1. The van der Waals surface area contributed by atoms with E-state index in [9.17, 15) is 0 Å². The van der Waals surface area contributed by atoms with Gasteiger partial charge in [-0.15, -0.1) is 0 Å². The summed E-state index contributed by atoms with van der Waals surface area (Å²) in [6.07, 6.45) is 3.75. The van der Waals surface area contributed by atoms with Gasteiger partial charge in [0.2, 0.25) is 0 Å². The highest BCUT2D eigenvalue weighted by atomic mass is 79.9. The molecule has 1 aliphatic carbocycles. The summed E-state index contributed by atoms with van der Waals surface area (Å²) in [5.41, 5.74) is 1.81. The summed E-state index contributed by atoms with van der Waals surface area (Å²) in [5.74, 6) is 1.05. The molecule has 150 valence electrons. The molecular formula is C21H33BrN4O. The summed E-state index contributed by atoms with van der Waals surface area (Å²) in [6.45, 7) is 8.33. The molecular weight excluding hydrogens is 404 g/mol. The average Bonchev–Trinajstić information content (AvgIpc) is 3.47. The van der Waals surface area contributed by atoms with Crippen molar-refractivity contribution in [3.05, 3.63) is 34.3 Å². The van der Waals surface area contributed by atoms with Crippen molar-refractivity contribution < 1.29 is 4.74 Å². The topological polar surface area (TPSA) is 40.1 Å². The SMILES string of the molecule is CN=C(NCC1(CCOC)CC1)N1CCN(C(C)c2ccc(Br)cc2)CC1. The Hall–Kier alpha value is -1.11. The van der Waals surface area contributed by atoms with Crippen LogP contribution in [-0.4, -0.2) is 69.2 Å². The van der Waals surface area contributed by atoms with Gasteiger partial charge in [-0.1, -0.05) is 28.1 Å². The third-order valence-corrected chi connectivity index (χ3v) is 6.67. The first kappa shape index (κ1) is 20.6. The molecule has 1 N–H and O–H groups in total. The lowest BCUT2D eigenvalue weighted by Gasteiger charge is -2.39. The Morgan fingerprint density at radius 1 is 1.22 bits per heavy atom. The van der Waals surface area contributed by atoms with E-state index >= 15 is 0 Å². The third-order valence-electron chi connectivity index (χ3n) is 6.14. The summed E-state index contributed by atoms with van der Waals surface area (Å²) >= 11 is 3.52. The minimum Gasteiger partial charge on any atom is -0.385 e. The van der Waals surface area contributed by atoms with Crippen molar-refractivity contribution in [2.24, 2.45) is 10.4 Å². The zero-order valence-electron chi connectivity index (χ0n) is 16.9. The lowest BCUT2D eigenvalue weighted by Crippen LogP contribution is -2.53. The maximum Gasteiger partial charge on any atom is 0.193 e. The van der Waals surface area contributed by atoms with E-state index in [1.54, 1.807) is 7.11 Å². The standard InChI is InChI=1S/C21H33BrN4O/c1-17(18-4-6-19(22)7-5-18)25-11-13-26(14-12-25)20(23-2)24-16-21(8-9-21)10-15-27-3/h4-7,17H,8-16H2,1-3H3,(H,23,24). The highest BCUT2D eigenvalue weighted by Crippen LogP contribution is 2.48. The number of aliphatic imine (C=N–C) groups is 1. The van der Waals surface area contributed by atoms with E-state index in [0.717, 1.165) is 56.2 Å². The summed E-state index contributed by atoms with van der Waals surface area (Å²) < 4.78 is 6.40. The minimum atomic E-state index is 0.434. The predicted octanol–water partition coefficient (Wildman–Crippen LogP) is 3.52. The molecule has 3 rings (SSSR count). The third kappa shape index (κ3) is 5.46. The fourth-order valence-electron chi connectivity index (χ4n) is 3.88. The van der Waals surface area contributed by atoms with Crippen LogP contribution >= 0.6 is 15.9 Å². The van der Waals surface area contributed by atoms with Gasteiger partial charge in [-0.3, -0.25) is 9.89 Å². The number of guanidine groups is 1. The molecule has 0 amide bonds. The molecule has 27 heavy (non-hydrogen) atoms. The van der Waals surface area contributed by atoms with Crippen LogP contribution in [0, 0.1) is 5.41 Å². The predicted molar refractivity (Wildman–Crippen MR) is 115 cm³/mol. The van der Waals surface area contributed by atoms with E-state index in [0.29, 0.717) is 11.5 Å². The number of nitrogens with one attached hydrogen (secondary N) is 1. The fourth-order valence-corrected chi connectivity index (χ4v) is 4.15. The van der Waals surface area contributed by atoms with E-state index in [-0.39, 0.29) is 0 Å². The second kappa shape index (κ2) is 9.39. The van der Waals surface area contributed by atoms with Gasteiger partial charge < -0.3 is 15.0 Å². The molecule has 0 spiro atoms. The van der Waals surface area contributed by atoms with Crippen LogP contribution in [0.15, 0.2) is 33.7 Å². The summed E-state index contributed by atoms with van der Waals surface area (Å²) in [5, 5.41) is 3.63. The Morgan fingerprint density at radius 2 is 1.89 bits per heavy atom. The van der Waals surface area contributed by atoms with Gasteiger partial charge in [0.15, 0.2) is 5.96 Å². The summed E-state index contributed by atoms with van der Waals surface area (Å²) in [7, 11) is 3.69. The molecule has 6 heteroatoms. The van der Waals surface area contributed by atoms with Crippen molar-refractivity contribution in [3.8, 4) is 0 Å².